The first-order valence-corrected chi connectivity index (χ1v) is 9.85. The van der Waals surface area contributed by atoms with Crippen LogP contribution in [0.15, 0.2) is 76.9 Å². The maximum absolute atomic E-state index is 13.1. The number of H-pyrrole nitrogens is 1. The fraction of sp³-hybridized carbons (Fsp3) is 0.120. The molecule has 1 atom stereocenters. The molecular formula is C25H19N3O2. The van der Waals surface area contributed by atoms with Crippen molar-refractivity contribution in [3.63, 3.8) is 0 Å². The van der Waals surface area contributed by atoms with Crippen molar-refractivity contribution in [2.75, 3.05) is 0 Å². The van der Waals surface area contributed by atoms with Crippen molar-refractivity contribution in [1.29, 1.82) is 5.26 Å². The van der Waals surface area contributed by atoms with Crippen molar-refractivity contribution < 1.29 is 4.74 Å². The van der Waals surface area contributed by atoms with Gasteiger partial charge in [-0.1, -0.05) is 43.3 Å². The number of nitriles is 1. The number of benzene rings is 3. The van der Waals surface area contributed by atoms with Gasteiger partial charge in [-0.15, -0.1) is 0 Å². The van der Waals surface area contributed by atoms with E-state index in [0.29, 0.717) is 11.3 Å². The lowest BCUT2D eigenvalue weighted by Crippen LogP contribution is -2.25. The highest BCUT2D eigenvalue weighted by Crippen LogP contribution is 2.45. The molecule has 0 saturated carbocycles. The van der Waals surface area contributed by atoms with Crippen molar-refractivity contribution in [1.82, 2.24) is 4.98 Å². The van der Waals surface area contributed by atoms with E-state index in [-0.39, 0.29) is 17.0 Å². The van der Waals surface area contributed by atoms with E-state index in [9.17, 15) is 10.1 Å². The highest BCUT2D eigenvalue weighted by molar-refractivity contribution is 5.90. The maximum atomic E-state index is 13.1. The molecule has 1 aliphatic rings. The number of rotatable bonds is 2. The van der Waals surface area contributed by atoms with Gasteiger partial charge in [0.05, 0.1) is 5.92 Å². The Morgan fingerprint density at radius 3 is 2.73 bits per heavy atom. The standard InChI is InChI=1S/C25H19N3O2/c1-2-14-7-9-20-16(11-14)12-18(25(29)28-20)22-19(13-26)24(27)30-21-10-8-15-5-3-4-6-17(15)23(21)22/h3-12,22H,2,27H2,1H3,(H,28,29). The molecule has 4 aromatic rings. The normalized spacial score (nSPS) is 15.7. The number of fused-ring (bicyclic) bond motifs is 4. The van der Waals surface area contributed by atoms with Crippen LogP contribution in [0.2, 0.25) is 0 Å². The van der Waals surface area contributed by atoms with Crippen LogP contribution in [-0.4, -0.2) is 4.98 Å². The van der Waals surface area contributed by atoms with Crippen LogP contribution in [0.5, 0.6) is 5.75 Å². The number of allylic oxidation sites excluding steroid dienone is 1. The Balaban J connectivity index is 1.86. The summed E-state index contributed by atoms with van der Waals surface area (Å²) in [6.07, 6.45) is 0.894. The molecular weight excluding hydrogens is 374 g/mol. The van der Waals surface area contributed by atoms with E-state index in [0.717, 1.165) is 33.7 Å². The summed E-state index contributed by atoms with van der Waals surface area (Å²) in [7, 11) is 0. The van der Waals surface area contributed by atoms with Gasteiger partial charge in [0.25, 0.3) is 5.56 Å². The molecule has 5 rings (SSSR count). The largest absolute Gasteiger partial charge is 0.440 e. The van der Waals surface area contributed by atoms with E-state index in [1.807, 2.05) is 54.6 Å². The highest BCUT2D eigenvalue weighted by atomic mass is 16.5. The Morgan fingerprint density at radius 2 is 1.93 bits per heavy atom. The number of pyridine rings is 1. The summed E-state index contributed by atoms with van der Waals surface area (Å²) in [4.78, 5) is 16.1. The average molecular weight is 393 g/mol. The molecule has 0 radical (unpaired) electrons. The third-order valence-corrected chi connectivity index (χ3v) is 5.77. The molecule has 0 bridgehead atoms. The topological polar surface area (TPSA) is 91.9 Å². The summed E-state index contributed by atoms with van der Waals surface area (Å²) >= 11 is 0. The molecule has 1 aliphatic heterocycles. The van der Waals surface area contributed by atoms with Crippen LogP contribution < -0.4 is 16.0 Å². The lowest BCUT2D eigenvalue weighted by Gasteiger charge is -2.27. The molecule has 0 spiro atoms. The lowest BCUT2D eigenvalue weighted by molar-refractivity contribution is 0.395. The second-order valence-corrected chi connectivity index (χ2v) is 7.45. The summed E-state index contributed by atoms with van der Waals surface area (Å²) in [5.74, 6) is -0.00706. The maximum Gasteiger partial charge on any atom is 0.252 e. The first-order chi connectivity index (χ1) is 14.6. The summed E-state index contributed by atoms with van der Waals surface area (Å²) < 4.78 is 5.78. The quantitative estimate of drug-likeness (QED) is 0.526. The fourth-order valence-corrected chi connectivity index (χ4v) is 4.26. The summed E-state index contributed by atoms with van der Waals surface area (Å²) in [5, 5.41) is 12.8. The number of hydrogen-bond acceptors (Lipinski definition) is 4. The SMILES string of the molecule is CCc1ccc2[nH]c(=O)c(C3C(C#N)=C(N)Oc4ccc5ccccc5c43)cc2c1. The van der Waals surface area contributed by atoms with Gasteiger partial charge < -0.3 is 15.5 Å². The molecule has 5 nitrogen and oxygen atoms in total. The molecule has 3 N–H and O–H groups in total. The molecule has 0 aliphatic carbocycles. The van der Waals surface area contributed by atoms with Gasteiger partial charge >= 0.3 is 0 Å². The zero-order valence-electron chi connectivity index (χ0n) is 16.4. The number of aryl methyl sites for hydroxylation is 1. The van der Waals surface area contributed by atoms with Crippen molar-refractivity contribution in [2.45, 2.75) is 19.3 Å². The van der Waals surface area contributed by atoms with Crippen molar-refractivity contribution in [3.05, 3.63) is 99.2 Å². The number of nitrogens with two attached hydrogens (primary N) is 1. The minimum Gasteiger partial charge on any atom is -0.440 e. The third-order valence-electron chi connectivity index (χ3n) is 5.77. The van der Waals surface area contributed by atoms with Gasteiger partial charge in [0.15, 0.2) is 0 Å². The number of ether oxygens (including phenoxy) is 1. The molecule has 0 saturated heterocycles. The van der Waals surface area contributed by atoms with Gasteiger partial charge in [-0.2, -0.15) is 5.26 Å². The Labute approximate surface area is 173 Å². The van der Waals surface area contributed by atoms with E-state index >= 15 is 0 Å². The molecule has 3 aromatic carbocycles. The minimum absolute atomic E-state index is 0.0343. The molecule has 0 amide bonds. The van der Waals surface area contributed by atoms with E-state index in [1.165, 1.54) is 5.56 Å². The van der Waals surface area contributed by atoms with Crippen LogP contribution in [0.25, 0.3) is 21.7 Å². The first-order valence-electron chi connectivity index (χ1n) is 9.85. The van der Waals surface area contributed by atoms with Crippen LogP contribution in [0.3, 0.4) is 0 Å². The summed E-state index contributed by atoms with van der Waals surface area (Å²) in [6, 6.07) is 21.7. The van der Waals surface area contributed by atoms with Gasteiger partial charge in [-0.25, -0.2) is 0 Å². The second-order valence-electron chi connectivity index (χ2n) is 7.45. The summed E-state index contributed by atoms with van der Waals surface area (Å²) in [6.45, 7) is 2.09. The average Bonchev–Trinajstić information content (AvgIpc) is 2.77. The fourth-order valence-electron chi connectivity index (χ4n) is 4.26. The van der Waals surface area contributed by atoms with Crippen LogP contribution in [-0.2, 0) is 6.42 Å². The lowest BCUT2D eigenvalue weighted by atomic mass is 9.81. The van der Waals surface area contributed by atoms with Gasteiger partial charge in [0, 0.05) is 16.6 Å². The van der Waals surface area contributed by atoms with Crippen LogP contribution in [0, 0.1) is 11.3 Å². The summed E-state index contributed by atoms with van der Waals surface area (Å²) in [5.41, 5.74) is 9.33. The number of aromatic nitrogens is 1. The van der Waals surface area contributed by atoms with Gasteiger partial charge in [0.2, 0.25) is 5.88 Å². The Hall–Kier alpha value is -4.04. The molecule has 5 heteroatoms. The van der Waals surface area contributed by atoms with Gasteiger partial charge in [0.1, 0.15) is 17.4 Å². The zero-order valence-corrected chi connectivity index (χ0v) is 16.4. The van der Waals surface area contributed by atoms with Gasteiger partial charge in [-0.3, -0.25) is 4.79 Å². The monoisotopic (exact) mass is 393 g/mol. The van der Waals surface area contributed by atoms with E-state index < -0.39 is 5.92 Å². The number of aromatic amines is 1. The van der Waals surface area contributed by atoms with Crippen molar-refractivity contribution >= 4 is 21.7 Å². The van der Waals surface area contributed by atoms with E-state index in [2.05, 4.69) is 24.0 Å². The minimum atomic E-state index is -0.608. The van der Waals surface area contributed by atoms with Crippen LogP contribution in [0.4, 0.5) is 0 Å². The Morgan fingerprint density at radius 1 is 1.10 bits per heavy atom. The van der Waals surface area contributed by atoms with E-state index in [4.69, 9.17) is 10.5 Å². The number of nitrogens with one attached hydrogen (secondary N) is 1. The third kappa shape index (κ3) is 2.66. The van der Waals surface area contributed by atoms with Gasteiger partial charge in [-0.05, 0) is 52.4 Å². The van der Waals surface area contributed by atoms with Crippen LogP contribution in [0.1, 0.15) is 29.5 Å². The Bertz CT molecular complexity index is 1460. The van der Waals surface area contributed by atoms with Crippen LogP contribution >= 0.6 is 0 Å². The smallest absolute Gasteiger partial charge is 0.252 e. The Kier molecular flexibility index (Phi) is 4.07. The predicted molar refractivity (Wildman–Crippen MR) is 117 cm³/mol. The molecule has 146 valence electrons. The second kappa shape index (κ2) is 6.78. The van der Waals surface area contributed by atoms with Crippen molar-refractivity contribution in [2.24, 2.45) is 5.73 Å². The molecule has 0 fully saturated rings. The highest BCUT2D eigenvalue weighted by Gasteiger charge is 2.34. The van der Waals surface area contributed by atoms with Crippen molar-refractivity contribution in [3.8, 4) is 11.8 Å². The predicted octanol–water partition coefficient (Wildman–Crippen LogP) is 4.46. The molecule has 1 aromatic heterocycles. The first kappa shape index (κ1) is 18.0. The number of hydrogen-bond donors (Lipinski definition) is 2. The number of nitrogens with zero attached hydrogens (tertiary/aromatic N) is 1. The van der Waals surface area contributed by atoms with E-state index in [1.54, 1.807) is 0 Å². The molecule has 2 heterocycles. The molecule has 1 unspecified atom stereocenters. The zero-order chi connectivity index (χ0) is 20.8. The molecule has 30 heavy (non-hydrogen) atoms.